The molecule has 0 radical (unpaired) electrons. The van der Waals surface area contributed by atoms with Crippen LogP contribution in [0.15, 0.2) is 18.2 Å². The maximum absolute atomic E-state index is 9.92. The largest absolute Gasteiger partial charge is 0.508 e. The van der Waals surface area contributed by atoms with Crippen LogP contribution in [-0.2, 0) is 0 Å². The zero-order valence-corrected chi connectivity index (χ0v) is 10.1. The monoisotopic (exact) mass is 223 g/mol. The third kappa shape index (κ3) is 3.22. The number of phenols is 1. The molecule has 0 aliphatic rings. The second kappa shape index (κ2) is 5.32. The second-order valence-corrected chi connectivity index (χ2v) is 4.78. The first kappa shape index (κ1) is 13.0. The molecule has 0 saturated heterocycles. The lowest BCUT2D eigenvalue weighted by Gasteiger charge is -2.21. The number of nitrogens with two attached hydrogens (primary N) is 1. The lowest BCUT2D eigenvalue weighted by Crippen LogP contribution is -2.27. The van der Waals surface area contributed by atoms with Crippen LogP contribution in [0.1, 0.15) is 37.4 Å². The van der Waals surface area contributed by atoms with E-state index in [1.54, 1.807) is 6.07 Å². The molecule has 1 aromatic rings. The van der Waals surface area contributed by atoms with Crippen LogP contribution in [0.4, 0.5) is 0 Å². The predicted molar refractivity (Wildman–Crippen MR) is 65.2 cm³/mol. The molecule has 0 aliphatic heterocycles. The van der Waals surface area contributed by atoms with Gasteiger partial charge in [0.25, 0.3) is 0 Å². The first-order valence-corrected chi connectivity index (χ1v) is 5.65. The van der Waals surface area contributed by atoms with Crippen LogP contribution < -0.4 is 5.73 Å². The van der Waals surface area contributed by atoms with Gasteiger partial charge in [-0.1, -0.05) is 31.5 Å². The summed E-state index contributed by atoms with van der Waals surface area (Å²) in [5, 5.41) is 19.6. The van der Waals surface area contributed by atoms with Gasteiger partial charge in [0.2, 0.25) is 0 Å². The number of aromatic hydroxyl groups is 1. The van der Waals surface area contributed by atoms with E-state index in [1.807, 2.05) is 32.9 Å². The Morgan fingerprint density at radius 2 is 1.94 bits per heavy atom. The van der Waals surface area contributed by atoms with Crippen LogP contribution in [0.25, 0.3) is 0 Å². The van der Waals surface area contributed by atoms with Gasteiger partial charge in [-0.3, -0.25) is 0 Å². The highest BCUT2D eigenvalue weighted by molar-refractivity contribution is 5.38. The quantitative estimate of drug-likeness (QED) is 0.732. The maximum Gasteiger partial charge on any atom is 0.120 e. The van der Waals surface area contributed by atoms with Gasteiger partial charge in [0, 0.05) is 5.56 Å². The normalized spacial score (nSPS) is 15.1. The number of phenolic OH excluding ortho intramolecular Hbond substituents is 1. The van der Waals surface area contributed by atoms with E-state index in [9.17, 15) is 10.2 Å². The average molecular weight is 223 g/mol. The first-order chi connectivity index (χ1) is 7.41. The van der Waals surface area contributed by atoms with Crippen molar-refractivity contribution in [3.8, 4) is 5.75 Å². The second-order valence-electron chi connectivity index (χ2n) is 4.78. The van der Waals surface area contributed by atoms with Crippen molar-refractivity contribution in [3.63, 3.8) is 0 Å². The first-order valence-electron chi connectivity index (χ1n) is 5.65. The Morgan fingerprint density at radius 3 is 2.50 bits per heavy atom. The van der Waals surface area contributed by atoms with Crippen LogP contribution in [-0.4, -0.2) is 16.3 Å². The summed E-state index contributed by atoms with van der Waals surface area (Å²) in [6, 6.07) is 4.73. The van der Waals surface area contributed by atoms with Crippen LogP contribution in [0.3, 0.4) is 0 Å². The van der Waals surface area contributed by atoms with E-state index in [0.29, 0.717) is 17.9 Å². The summed E-state index contributed by atoms with van der Waals surface area (Å²) in [6.45, 7) is 6.00. The van der Waals surface area contributed by atoms with E-state index in [0.717, 1.165) is 5.56 Å². The average Bonchev–Trinajstić information content (AvgIpc) is 2.19. The van der Waals surface area contributed by atoms with Crippen molar-refractivity contribution in [2.24, 2.45) is 11.7 Å². The fraction of sp³-hybridized carbons (Fsp3) is 0.538. The Balaban J connectivity index is 2.86. The minimum absolute atomic E-state index is 0.154. The summed E-state index contributed by atoms with van der Waals surface area (Å²) in [5.74, 6) is 0.536. The molecule has 0 fully saturated rings. The smallest absolute Gasteiger partial charge is 0.120 e. The maximum atomic E-state index is 9.92. The van der Waals surface area contributed by atoms with Crippen molar-refractivity contribution < 1.29 is 10.2 Å². The molecule has 16 heavy (non-hydrogen) atoms. The van der Waals surface area contributed by atoms with Crippen LogP contribution in [0.5, 0.6) is 5.75 Å². The molecular formula is C13H21NO2. The van der Waals surface area contributed by atoms with Gasteiger partial charge in [0.1, 0.15) is 5.75 Å². The molecule has 0 spiro atoms. The van der Waals surface area contributed by atoms with Crippen LogP contribution in [0, 0.1) is 12.8 Å². The van der Waals surface area contributed by atoms with E-state index in [2.05, 4.69) is 0 Å². The molecule has 90 valence electrons. The highest BCUT2D eigenvalue weighted by atomic mass is 16.3. The molecule has 4 N–H and O–H groups in total. The van der Waals surface area contributed by atoms with Crippen molar-refractivity contribution in [2.75, 3.05) is 0 Å². The molecule has 1 aromatic carbocycles. The molecule has 1 rings (SSSR count). The molecule has 0 saturated carbocycles. The highest BCUT2D eigenvalue weighted by Gasteiger charge is 2.20. The Bertz CT molecular complexity index is 350. The molecule has 0 aliphatic carbocycles. The molecule has 3 heteroatoms. The molecule has 0 bridgehead atoms. The summed E-state index contributed by atoms with van der Waals surface area (Å²) >= 11 is 0. The lowest BCUT2D eigenvalue weighted by atomic mass is 9.94. The Labute approximate surface area is 96.9 Å². The highest BCUT2D eigenvalue weighted by Crippen LogP contribution is 2.27. The van der Waals surface area contributed by atoms with E-state index >= 15 is 0 Å². The van der Waals surface area contributed by atoms with Gasteiger partial charge >= 0.3 is 0 Å². The predicted octanol–water partition coefficient (Wildman–Crippen LogP) is 2.11. The molecule has 0 heterocycles. The number of aliphatic hydroxyl groups excluding tert-OH is 1. The van der Waals surface area contributed by atoms with Crippen molar-refractivity contribution >= 4 is 0 Å². The third-order valence-corrected chi connectivity index (χ3v) is 2.67. The van der Waals surface area contributed by atoms with Gasteiger partial charge in [0.15, 0.2) is 0 Å². The molecule has 0 aromatic heterocycles. The van der Waals surface area contributed by atoms with Gasteiger partial charge in [-0.25, -0.2) is 0 Å². The zero-order chi connectivity index (χ0) is 12.3. The number of benzene rings is 1. The molecule has 3 nitrogen and oxygen atoms in total. The Hall–Kier alpha value is -1.06. The van der Waals surface area contributed by atoms with E-state index in [4.69, 9.17) is 5.73 Å². The number of hydrogen-bond donors (Lipinski definition) is 3. The third-order valence-electron chi connectivity index (χ3n) is 2.67. The molecule has 0 unspecified atom stereocenters. The van der Waals surface area contributed by atoms with Gasteiger partial charge in [-0.05, 0) is 25.3 Å². The molecule has 2 atom stereocenters. The standard InChI is InChI=1S/C13H21NO2/c1-8(2)6-12(16)13(14)10-7-9(3)4-5-11(10)15/h4-5,7-8,12-13,15-16H,6,14H2,1-3H3/t12-,13+/m1/s1. The zero-order valence-electron chi connectivity index (χ0n) is 10.1. The number of aryl methyl sites for hydroxylation is 1. The van der Waals surface area contributed by atoms with Crippen LogP contribution >= 0.6 is 0 Å². The Kier molecular flexibility index (Phi) is 4.33. The summed E-state index contributed by atoms with van der Waals surface area (Å²) in [6.07, 6.45) is 0.0156. The van der Waals surface area contributed by atoms with Crippen molar-refractivity contribution in [1.29, 1.82) is 0 Å². The van der Waals surface area contributed by atoms with Crippen LogP contribution in [0.2, 0.25) is 0 Å². The summed E-state index contributed by atoms with van der Waals surface area (Å²) in [4.78, 5) is 0. The number of hydrogen-bond acceptors (Lipinski definition) is 3. The lowest BCUT2D eigenvalue weighted by molar-refractivity contribution is 0.120. The minimum atomic E-state index is -0.618. The van der Waals surface area contributed by atoms with Gasteiger partial charge in [0.05, 0.1) is 12.1 Å². The van der Waals surface area contributed by atoms with Gasteiger partial charge in [-0.2, -0.15) is 0 Å². The molecular weight excluding hydrogens is 202 g/mol. The number of aliphatic hydroxyl groups is 1. The summed E-state index contributed by atoms with van der Waals surface area (Å²) < 4.78 is 0. The molecule has 0 amide bonds. The van der Waals surface area contributed by atoms with E-state index in [-0.39, 0.29) is 5.75 Å². The van der Waals surface area contributed by atoms with Crippen molar-refractivity contribution in [3.05, 3.63) is 29.3 Å². The van der Waals surface area contributed by atoms with E-state index in [1.165, 1.54) is 0 Å². The van der Waals surface area contributed by atoms with Gasteiger partial charge < -0.3 is 15.9 Å². The number of rotatable bonds is 4. The summed E-state index contributed by atoms with van der Waals surface area (Å²) in [7, 11) is 0. The van der Waals surface area contributed by atoms with Crippen molar-refractivity contribution in [1.82, 2.24) is 0 Å². The summed E-state index contributed by atoms with van der Waals surface area (Å²) in [5.41, 5.74) is 7.59. The SMILES string of the molecule is Cc1ccc(O)c([C@H](N)[C@H](O)CC(C)C)c1. The van der Waals surface area contributed by atoms with Gasteiger partial charge in [-0.15, -0.1) is 0 Å². The fourth-order valence-electron chi connectivity index (χ4n) is 1.78. The minimum Gasteiger partial charge on any atom is -0.508 e. The topological polar surface area (TPSA) is 66.5 Å². The fourth-order valence-corrected chi connectivity index (χ4v) is 1.78. The Morgan fingerprint density at radius 1 is 1.31 bits per heavy atom. The van der Waals surface area contributed by atoms with E-state index < -0.39 is 12.1 Å². The van der Waals surface area contributed by atoms with Crippen molar-refractivity contribution in [2.45, 2.75) is 39.3 Å².